The van der Waals surface area contributed by atoms with Crippen molar-refractivity contribution in [2.24, 2.45) is 0 Å². The number of aromatic nitrogens is 2. The molecule has 3 heterocycles. The molecule has 1 atom stereocenters. The number of aryl methyl sites for hydroxylation is 1. The Hall–Kier alpha value is -3.68. The van der Waals surface area contributed by atoms with Crippen molar-refractivity contribution in [3.05, 3.63) is 84.1 Å². The van der Waals surface area contributed by atoms with Crippen molar-refractivity contribution < 1.29 is 23.5 Å². The topological polar surface area (TPSA) is 88.6 Å². The molecular weight excluding hydrogens is 377 g/mol. The highest BCUT2D eigenvalue weighted by Gasteiger charge is 2.47. The van der Waals surface area contributed by atoms with Crippen LogP contribution < -0.4 is 0 Å². The van der Waals surface area contributed by atoms with Crippen LogP contribution in [-0.4, -0.2) is 37.8 Å². The molecule has 3 aromatic rings. The number of Topliss-reactive ketones (excluding diaryl/α,β-unsaturated/α-hetero) is 1. The molecule has 1 aliphatic heterocycles. The summed E-state index contributed by atoms with van der Waals surface area (Å²) in [6, 6.07) is 7.52. The van der Waals surface area contributed by atoms with Gasteiger partial charge in [-0.2, -0.15) is 0 Å². The number of carbonyl (C=O) groups is 2. The number of aliphatic hydroxyl groups is 1. The van der Waals surface area contributed by atoms with Crippen molar-refractivity contribution in [3.63, 3.8) is 0 Å². The van der Waals surface area contributed by atoms with E-state index < -0.39 is 23.5 Å². The van der Waals surface area contributed by atoms with Gasteiger partial charge in [0.15, 0.2) is 0 Å². The molecule has 29 heavy (non-hydrogen) atoms. The van der Waals surface area contributed by atoms with Gasteiger partial charge in [0.1, 0.15) is 23.4 Å². The molecular formula is C21H18FN3O4. The Morgan fingerprint density at radius 1 is 1.17 bits per heavy atom. The van der Waals surface area contributed by atoms with Gasteiger partial charge in [0, 0.05) is 31.0 Å². The van der Waals surface area contributed by atoms with Crippen molar-refractivity contribution in [1.82, 2.24) is 14.5 Å². The lowest BCUT2D eigenvalue weighted by molar-refractivity contribution is -0.140. The third kappa shape index (κ3) is 3.56. The first kappa shape index (κ1) is 18.7. The van der Waals surface area contributed by atoms with Crippen LogP contribution >= 0.6 is 0 Å². The first-order valence-electron chi connectivity index (χ1n) is 9.10. The van der Waals surface area contributed by atoms with Gasteiger partial charge in [0.25, 0.3) is 11.7 Å². The van der Waals surface area contributed by atoms with Crippen molar-refractivity contribution in [2.45, 2.75) is 19.0 Å². The molecule has 1 amide bonds. The maximum absolute atomic E-state index is 13.2. The van der Waals surface area contributed by atoms with Crippen molar-refractivity contribution in [1.29, 1.82) is 0 Å². The van der Waals surface area contributed by atoms with Crippen LogP contribution in [0.15, 0.2) is 71.4 Å². The Balaban J connectivity index is 1.68. The normalized spacial score (nSPS) is 18.5. The molecule has 0 bridgehead atoms. The molecule has 1 saturated heterocycles. The zero-order valence-corrected chi connectivity index (χ0v) is 15.4. The molecule has 0 radical (unpaired) electrons. The molecule has 1 aromatic carbocycles. The SMILES string of the molecule is O=C1C(=O)N(CCCn2ccnc2)C(c2ccco2)/C1=C(/O)c1ccc(F)cc1. The number of benzene rings is 1. The second kappa shape index (κ2) is 7.75. The summed E-state index contributed by atoms with van der Waals surface area (Å²) in [5.41, 5.74) is 0.179. The summed E-state index contributed by atoms with van der Waals surface area (Å²) < 4.78 is 20.6. The molecule has 7 nitrogen and oxygen atoms in total. The number of amides is 1. The molecule has 0 spiro atoms. The summed E-state index contributed by atoms with van der Waals surface area (Å²) in [7, 11) is 0. The first-order chi connectivity index (χ1) is 14.1. The summed E-state index contributed by atoms with van der Waals surface area (Å²) in [5, 5.41) is 10.8. The number of imidazole rings is 1. The molecule has 1 aliphatic rings. The van der Waals surface area contributed by atoms with Crippen LogP contribution in [0.25, 0.3) is 5.76 Å². The molecule has 0 aliphatic carbocycles. The fourth-order valence-corrected chi connectivity index (χ4v) is 3.46. The minimum absolute atomic E-state index is 0.0702. The van der Waals surface area contributed by atoms with E-state index in [-0.39, 0.29) is 23.4 Å². The summed E-state index contributed by atoms with van der Waals surface area (Å²) >= 11 is 0. The number of furan rings is 1. The van der Waals surface area contributed by atoms with E-state index in [1.54, 1.807) is 24.7 Å². The molecule has 2 aromatic heterocycles. The number of halogens is 1. The van der Waals surface area contributed by atoms with E-state index in [0.29, 0.717) is 18.7 Å². The first-order valence-corrected chi connectivity index (χ1v) is 9.10. The average Bonchev–Trinajstić information content (AvgIpc) is 3.46. The summed E-state index contributed by atoms with van der Waals surface area (Å²) in [6.45, 7) is 0.903. The number of hydrogen-bond donors (Lipinski definition) is 1. The zero-order chi connectivity index (χ0) is 20.4. The number of ketones is 1. The monoisotopic (exact) mass is 395 g/mol. The highest BCUT2D eigenvalue weighted by Crippen LogP contribution is 2.39. The average molecular weight is 395 g/mol. The molecule has 1 N–H and O–H groups in total. The lowest BCUT2D eigenvalue weighted by Gasteiger charge is -2.23. The van der Waals surface area contributed by atoms with E-state index in [0.717, 1.165) is 0 Å². The quantitative estimate of drug-likeness (QED) is 0.394. The van der Waals surface area contributed by atoms with Crippen LogP contribution in [0, 0.1) is 5.82 Å². The lowest BCUT2D eigenvalue weighted by Crippen LogP contribution is -2.31. The van der Waals surface area contributed by atoms with Gasteiger partial charge < -0.3 is 19.0 Å². The van der Waals surface area contributed by atoms with Crippen LogP contribution in [0.1, 0.15) is 23.8 Å². The van der Waals surface area contributed by atoms with Crippen molar-refractivity contribution >= 4 is 17.4 Å². The minimum atomic E-state index is -0.849. The molecule has 8 heteroatoms. The lowest BCUT2D eigenvalue weighted by atomic mass is 9.99. The number of nitrogens with zero attached hydrogens (tertiary/aromatic N) is 3. The van der Waals surface area contributed by atoms with E-state index >= 15 is 0 Å². The molecule has 1 fully saturated rings. The van der Waals surface area contributed by atoms with Crippen LogP contribution in [0.2, 0.25) is 0 Å². The van der Waals surface area contributed by atoms with Crippen LogP contribution in [0.4, 0.5) is 4.39 Å². The van der Waals surface area contributed by atoms with E-state index in [1.165, 1.54) is 35.4 Å². The van der Waals surface area contributed by atoms with E-state index in [9.17, 15) is 19.1 Å². The van der Waals surface area contributed by atoms with Crippen LogP contribution in [-0.2, 0) is 16.1 Å². The second-order valence-corrected chi connectivity index (χ2v) is 6.67. The standard InChI is InChI=1S/C21H18FN3O4/c22-15-6-4-14(5-7-15)19(26)17-18(16-3-1-12-29-16)25(21(28)20(17)27)10-2-9-24-11-8-23-13-24/h1,3-8,11-13,18,26H,2,9-10H2/b19-17-. The van der Waals surface area contributed by atoms with Crippen molar-refractivity contribution in [2.75, 3.05) is 6.54 Å². The largest absolute Gasteiger partial charge is 0.507 e. The number of carbonyl (C=O) groups excluding carboxylic acids is 2. The fourth-order valence-electron chi connectivity index (χ4n) is 3.46. The van der Waals surface area contributed by atoms with Gasteiger partial charge in [-0.15, -0.1) is 0 Å². The van der Waals surface area contributed by atoms with Gasteiger partial charge in [-0.3, -0.25) is 9.59 Å². The highest BCUT2D eigenvalue weighted by molar-refractivity contribution is 6.46. The van der Waals surface area contributed by atoms with Gasteiger partial charge in [0.2, 0.25) is 0 Å². The fraction of sp³-hybridized carbons (Fsp3) is 0.190. The van der Waals surface area contributed by atoms with Gasteiger partial charge in [0.05, 0.1) is 18.2 Å². The van der Waals surface area contributed by atoms with E-state index in [4.69, 9.17) is 4.42 Å². The van der Waals surface area contributed by atoms with Gasteiger partial charge in [-0.1, -0.05) is 0 Å². The van der Waals surface area contributed by atoms with Crippen LogP contribution in [0.3, 0.4) is 0 Å². The Morgan fingerprint density at radius 2 is 1.97 bits per heavy atom. The Labute approximate surface area is 165 Å². The third-order valence-electron chi connectivity index (χ3n) is 4.84. The molecule has 0 saturated carbocycles. The van der Waals surface area contributed by atoms with Gasteiger partial charge in [-0.25, -0.2) is 9.37 Å². The maximum Gasteiger partial charge on any atom is 0.295 e. The number of likely N-dealkylation sites (tertiary alicyclic amines) is 1. The van der Waals surface area contributed by atoms with Gasteiger partial charge in [-0.05, 0) is 42.8 Å². The number of hydrogen-bond acceptors (Lipinski definition) is 5. The summed E-state index contributed by atoms with van der Waals surface area (Å²) in [5.74, 6) is -1.96. The summed E-state index contributed by atoms with van der Waals surface area (Å²) in [4.78, 5) is 30.8. The smallest absolute Gasteiger partial charge is 0.295 e. The Kier molecular flexibility index (Phi) is 4.99. The predicted octanol–water partition coefficient (Wildman–Crippen LogP) is 3.13. The highest BCUT2D eigenvalue weighted by atomic mass is 19.1. The van der Waals surface area contributed by atoms with Crippen LogP contribution in [0.5, 0.6) is 0 Å². The molecule has 148 valence electrons. The molecule has 1 unspecified atom stereocenters. The van der Waals surface area contributed by atoms with Gasteiger partial charge >= 0.3 is 0 Å². The number of aliphatic hydroxyl groups excluding tert-OH is 1. The third-order valence-corrected chi connectivity index (χ3v) is 4.84. The minimum Gasteiger partial charge on any atom is -0.507 e. The Bertz CT molecular complexity index is 1040. The van der Waals surface area contributed by atoms with E-state index in [1.807, 2.05) is 10.8 Å². The summed E-state index contributed by atoms with van der Waals surface area (Å²) in [6.07, 6.45) is 7.17. The Morgan fingerprint density at radius 3 is 2.62 bits per heavy atom. The molecule has 4 rings (SSSR count). The van der Waals surface area contributed by atoms with Crippen molar-refractivity contribution in [3.8, 4) is 0 Å². The predicted molar refractivity (Wildman–Crippen MR) is 101 cm³/mol. The number of rotatable bonds is 6. The van der Waals surface area contributed by atoms with E-state index in [2.05, 4.69) is 4.98 Å². The second-order valence-electron chi connectivity index (χ2n) is 6.67. The maximum atomic E-state index is 13.2. The zero-order valence-electron chi connectivity index (χ0n) is 15.4.